The maximum atomic E-state index is 13.3. The second kappa shape index (κ2) is 5.67. The van der Waals surface area contributed by atoms with Crippen LogP contribution < -0.4 is 10.5 Å². The van der Waals surface area contributed by atoms with E-state index in [1.807, 2.05) is 24.3 Å². The highest BCUT2D eigenvalue weighted by Gasteiger charge is 2.16. The Morgan fingerprint density at radius 3 is 2.56 bits per heavy atom. The lowest BCUT2D eigenvalue weighted by molar-refractivity contribution is 0.406. The Morgan fingerprint density at radius 1 is 1.17 bits per heavy atom. The average Bonchev–Trinajstić information content (AvgIpc) is 2.38. The van der Waals surface area contributed by atoms with Crippen molar-refractivity contribution in [2.24, 2.45) is 5.73 Å². The summed E-state index contributed by atoms with van der Waals surface area (Å²) in [5, 5.41) is 0. The van der Waals surface area contributed by atoms with E-state index in [9.17, 15) is 4.39 Å². The molecular formula is C14H13FINO. The Kier molecular flexibility index (Phi) is 4.19. The van der Waals surface area contributed by atoms with Crippen LogP contribution >= 0.6 is 22.6 Å². The topological polar surface area (TPSA) is 35.2 Å². The Labute approximate surface area is 119 Å². The van der Waals surface area contributed by atoms with Gasteiger partial charge < -0.3 is 10.5 Å². The van der Waals surface area contributed by atoms with E-state index in [1.165, 1.54) is 12.1 Å². The van der Waals surface area contributed by atoms with Gasteiger partial charge in [0.1, 0.15) is 11.6 Å². The third kappa shape index (κ3) is 2.64. The molecule has 2 rings (SSSR count). The molecule has 0 aliphatic carbocycles. The molecule has 2 N–H and O–H groups in total. The third-order valence-corrected chi connectivity index (χ3v) is 3.75. The molecule has 0 saturated carbocycles. The Hall–Kier alpha value is -1.14. The SMILES string of the molecule is COc1ccc(F)cc1C(N)c1ccccc1I. The second-order valence-electron chi connectivity index (χ2n) is 3.89. The molecule has 0 amide bonds. The molecule has 0 aromatic heterocycles. The van der Waals surface area contributed by atoms with Gasteiger partial charge in [0.25, 0.3) is 0 Å². The van der Waals surface area contributed by atoms with Crippen LogP contribution in [-0.4, -0.2) is 7.11 Å². The highest BCUT2D eigenvalue weighted by Crippen LogP contribution is 2.30. The quantitative estimate of drug-likeness (QED) is 0.854. The van der Waals surface area contributed by atoms with Crippen molar-refractivity contribution < 1.29 is 9.13 Å². The molecule has 2 aromatic carbocycles. The van der Waals surface area contributed by atoms with E-state index >= 15 is 0 Å². The molecule has 0 spiro atoms. The standard InChI is InChI=1S/C14H13FINO/c1-18-13-7-6-9(15)8-11(13)14(17)10-4-2-3-5-12(10)16/h2-8,14H,17H2,1H3. The van der Waals surface area contributed by atoms with Crippen molar-refractivity contribution in [3.05, 3.63) is 63.0 Å². The first-order valence-corrected chi connectivity index (χ1v) is 6.55. The molecule has 0 heterocycles. The van der Waals surface area contributed by atoms with Gasteiger partial charge in [0.05, 0.1) is 13.2 Å². The molecule has 1 atom stereocenters. The van der Waals surface area contributed by atoms with Crippen LogP contribution in [0.3, 0.4) is 0 Å². The number of benzene rings is 2. The molecule has 94 valence electrons. The van der Waals surface area contributed by atoms with E-state index in [0.29, 0.717) is 11.3 Å². The number of rotatable bonds is 3. The summed E-state index contributed by atoms with van der Waals surface area (Å²) in [6.07, 6.45) is 0. The van der Waals surface area contributed by atoms with Gasteiger partial charge in [0, 0.05) is 9.13 Å². The zero-order chi connectivity index (χ0) is 13.1. The molecule has 1 unspecified atom stereocenters. The minimum atomic E-state index is -0.399. The maximum absolute atomic E-state index is 13.3. The largest absolute Gasteiger partial charge is 0.496 e. The molecule has 0 fully saturated rings. The van der Waals surface area contributed by atoms with Crippen LogP contribution in [0.5, 0.6) is 5.75 Å². The van der Waals surface area contributed by atoms with Gasteiger partial charge in [0.2, 0.25) is 0 Å². The summed E-state index contributed by atoms with van der Waals surface area (Å²) in [5.74, 6) is 0.288. The lowest BCUT2D eigenvalue weighted by Crippen LogP contribution is -2.14. The first-order valence-electron chi connectivity index (χ1n) is 5.47. The first-order chi connectivity index (χ1) is 8.63. The lowest BCUT2D eigenvalue weighted by atomic mass is 9.99. The number of hydrogen-bond donors (Lipinski definition) is 1. The average molecular weight is 357 g/mol. The number of ether oxygens (including phenoxy) is 1. The van der Waals surface area contributed by atoms with E-state index in [1.54, 1.807) is 13.2 Å². The minimum Gasteiger partial charge on any atom is -0.496 e. The minimum absolute atomic E-state index is 0.313. The van der Waals surface area contributed by atoms with E-state index in [0.717, 1.165) is 9.13 Å². The number of nitrogens with two attached hydrogens (primary N) is 1. The van der Waals surface area contributed by atoms with Crippen LogP contribution in [-0.2, 0) is 0 Å². The molecule has 0 aliphatic rings. The summed E-state index contributed by atoms with van der Waals surface area (Å²) in [6.45, 7) is 0. The molecule has 2 aromatic rings. The summed E-state index contributed by atoms with van der Waals surface area (Å²) in [5.41, 5.74) is 7.83. The van der Waals surface area contributed by atoms with Crippen LogP contribution in [0, 0.1) is 9.39 Å². The van der Waals surface area contributed by atoms with Crippen molar-refractivity contribution in [3.63, 3.8) is 0 Å². The smallest absolute Gasteiger partial charge is 0.124 e. The molecule has 0 aliphatic heterocycles. The van der Waals surface area contributed by atoms with Gasteiger partial charge in [-0.15, -0.1) is 0 Å². The summed E-state index contributed by atoms with van der Waals surface area (Å²) in [6, 6.07) is 11.8. The Bertz CT molecular complexity index is 559. The summed E-state index contributed by atoms with van der Waals surface area (Å²) in [7, 11) is 1.55. The van der Waals surface area contributed by atoms with Crippen molar-refractivity contribution in [2.45, 2.75) is 6.04 Å². The number of halogens is 2. The van der Waals surface area contributed by atoms with Crippen molar-refractivity contribution in [1.29, 1.82) is 0 Å². The normalized spacial score (nSPS) is 12.2. The van der Waals surface area contributed by atoms with Gasteiger partial charge in [-0.1, -0.05) is 18.2 Å². The number of hydrogen-bond acceptors (Lipinski definition) is 2. The number of methoxy groups -OCH3 is 1. The van der Waals surface area contributed by atoms with Gasteiger partial charge in [-0.2, -0.15) is 0 Å². The van der Waals surface area contributed by atoms with Gasteiger partial charge in [-0.3, -0.25) is 0 Å². The van der Waals surface area contributed by atoms with Crippen molar-refractivity contribution >= 4 is 22.6 Å². The predicted octanol–water partition coefficient (Wildman–Crippen LogP) is 3.49. The molecule has 0 saturated heterocycles. The molecule has 4 heteroatoms. The maximum Gasteiger partial charge on any atom is 0.124 e. The predicted molar refractivity (Wildman–Crippen MR) is 78.1 cm³/mol. The van der Waals surface area contributed by atoms with E-state index in [-0.39, 0.29) is 5.82 Å². The van der Waals surface area contributed by atoms with Crippen molar-refractivity contribution in [1.82, 2.24) is 0 Å². The monoisotopic (exact) mass is 357 g/mol. The lowest BCUT2D eigenvalue weighted by Gasteiger charge is -2.17. The van der Waals surface area contributed by atoms with Gasteiger partial charge in [-0.25, -0.2) is 4.39 Å². The van der Waals surface area contributed by atoms with E-state index < -0.39 is 6.04 Å². The van der Waals surface area contributed by atoms with Crippen LogP contribution in [0.4, 0.5) is 4.39 Å². The highest BCUT2D eigenvalue weighted by molar-refractivity contribution is 14.1. The third-order valence-electron chi connectivity index (χ3n) is 2.77. The van der Waals surface area contributed by atoms with Crippen LogP contribution in [0.25, 0.3) is 0 Å². The van der Waals surface area contributed by atoms with Crippen LogP contribution in [0.15, 0.2) is 42.5 Å². The van der Waals surface area contributed by atoms with E-state index in [4.69, 9.17) is 10.5 Å². The fraction of sp³-hybridized carbons (Fsp3) is 0.143. The van der Waals surface area contributed by atoms with E-state index in [2.05, 4.69) is 22.6 Å². The Balaban J connectivity index is 2.48. The van der Waals surface area contributed by atoms with Crippen LogP contribution in [0.2, 0.25) is 0 Å². The summed E-state index contributed by atoms with van der Waals surface area (Å²) in [4.78, 5) is 0. The summed E-state index contributed by atoms with van der Waals surface area (Å²) < 4.78 is 19.6. The zero-order valence-electron chi connectivity index (χ0n) is 9.86. The van der Waals surface area contributed by atoms with Gasteiger partial charge in [0.15, 0.2) is 0 Å². The van der Waals surface area contributed by atoms with Gasteiger partial charge in [-0.05, 0) is 52.4 Å². The fourth-order valence-electron chi connectivity index (χ4n) is 1.84. The molecule has 2 nitrogen and oxygen atoms in total. The van der Waals surface area contributed by atoms with Crippen molar-refractivity contribution in [2.75, 3.05) is 7.11 Å². The first kappa shape index (κ1) is 13.3. The zero-order valence-corrected chi connectivity index (χ0v) is 12.0. The van der Waals surface area contributed by atoms with Crippen molar-refractivity contribution in [3.8, 4) is 5.75 Å². The molecule has 18 heavy (non-hydrogen) atoms. The van der Waals surface area contributed by atoms with Crippen LogP contribution in [0.1, 0.15) is 17.2 Å². The fourth-order valence-corrected chi connectivity index (χ4v) is 2.57. The highest BCUT2D eigenvalue weighted by atomic mass is 127. The summed E-state index contributed by atoms with van der Waals surface area (Å²) >= 11 is 2.22. The molecule has 0 bridgehead atoms. The second-order valence-corrected chi connectivity index (χ2v) is 5.05. The van der Waals surface area contributed by atoms with Gasteiger partial charge >= 0.3 is 0 Å². The molecule has 0 radical (unpaired) electrons. The molecular weight excluding hydrogens is 344 g/mol. The Morgan fingerprint density at radius 2 is 1.89 bits per heavy atom.